The summed E-state index contributed by atoms with van der Waals surface area (Å²) in [5.74, 6) is -0.0157. The van der Waals surface area contributed by atoms with Crippen LogP contribution in [0.15, 0.2) is 12.7 Å². The summed E-state index contributed by atoms with van der Waals surface area (Å²) < 4.78 is 0. The minimum Gasteiger partial charge on any atom is -0.275 e. The molecule has 1 amide bonds. The highest BCUT2D eigenvalue weighted by Crippen LogP contribution is 2.05. The molecule has 0 radical (unpaired) electrons. The van der Waals surface area contributed by atoms with Crippen LogP contribution >= 0.6 is 0 Å². The van der Waals surface area contributed by atoms with E-state index in [9.17, 15) is 4.79 Å². The minimum absolute atomic E-state index is 0.0157. The van der Waals surface area contributed by atoms with Crippen molar-refractivity contribution in [2.75, 3.05) is 20.1 Å². The Morgan fingerprint density at radius 3 is 1.88 bits per heavy atom. The van der Waals surface area contributed by atoms with E-state index in [1.165, 1.54) is 31.8 Å². The van der Waals surface area contributed by atoms with Crippen molar-refractivity contribution >= 4 is 5.91 Å². The van der Waals surface area contributed by atoms with Gasteiger partial charge in [-0.1, -0.05) is 46.1 Å². The van der Waals surface area contributed by atoms with Crippen molar-refractivity contribution < 1.29 is 4.79 Å². The molecular formula is C14H28N2O. The number of carbonyl (C=O) groups excluding carboxylic acids is 1. The maximum absolute atomic E-state index is 11.6. The van der Waals surface area contributed by atoms with E-state index in [0.29, 0.717) is 0 Å². The highest BCUT2D eigenvalue weighted by atomic mass is 16.2. The molecule has 17 heavy (non-hydrogen) atoms. The fourth-order valence-corrected chi connectivity index (χ4v) is 1.77. The molecule has 0 aromatic rings. The predicted molar refractivity (Wildman–Crippen MR) is 73.6 cm³/mol. The predicted octanol–water partition coefficient (Wildman–Crippen LogP) is 3.23. The van der Waals surface area contributed by atoms with Crippen LogP contribution in [0.25, 0.3) is 0 Å². The third-order valence-electron chi connectivity index (χ3n) is 2.96. The fraction of sp³-hybridized carbons (Fsp3) is 0.786. The van der Waals surface area contributed by atoms with E-state index < -0.39 is 0 Å². The molecule has 100 valence electrons. The molecule has 0 unspecified atom stereocenters. The van der Waals surface area contributed by atoms with Gasteiger partial charge >= 0.3 is 0 Å². The molecule has 0 aromatic heterocycles. The smallest absolute Gasteiger partial charge is 0.260 e. The van der Waals surface area contributed by atoms with Crippen LogP contribution in [0, 0.1) is 0 Å². The summed E-state index contributed by atoms with van der Waals surface area (Å²) in [5, 5.41) is 3.85. The average molecular weight is 240 g/mol. The monoisotopic (exact) mass is 240 g/mol. The molecule has 0 rings (SSSR count). The average Bonchev–Trinajstić information content (AvgIpc) is 2.35. The third kappa shape index (κ3) is 7.16. The molecule has 0 aromatic carbocycles. The van der Waals surface area contributed by atoms with Gasteiger partial charge in [0.25, 0.3) is 5.91 Å². The number of hydrogen-bond donors (Lipinski definition) is 0. The molecule has 0 aliphatic heterocycles. The number of likely N-dealkylation sites (N-methyl/N-ethyl adjacent to an activating group) is 1. The Hall–Kier alpha value is -0.830. The van der Waals surface area contributed by atoms with Crippen LogP contribution in [0.3, 0.4) is 0 Å². The molecule has 0 aliphatic rings. The van der Waals surface area contributed by atoms with E-state index in [2.05, 4.69) is 25.4 Å². The summed E-state index contributed by atoms with van der Waals surface area (Å²) in [4.78, 5) is 11.6. The van der Waals surface area contributed by atoms with Crippen LogP contribution in [-0.4, -0.2) is 36.1 Å². The second-order valence-electron chi connectivity index (χ2n) is 4.43. The lowest BCUT2D eigenvalue weighted by molar-refractivity contribution is -0.140. The first-order valence-corrected chi connectivity index (χ1v) is 6.82. The highest BCUT2D eigenvalue weighted by Gasteiger charge is 2.13. The van der Waals surface area contributed by atoms with Crippen molar-refractivity contribution in [3.63, 3.8) is 0 Å². The number of hydrazine groups is 1. The quantitative estimate of drug-likeness (QED) is 0.332. The van der Waals surface area contributed by atoms with Crippen molar-refractivity contribution in [3.8, 4) is 0 Å². The first-order valence-electron chi connectivity index (χ1n) is 6.82. The van der Waals surface area contributed by atoms with Gasteiger partial charge in [-0.15, -0.1) is 0 Å². The van der Waals surface area contributed by atoms with Crippen molar-refractivity contribution in [2.24, 2.45) is 0 Å². The van der Waals surface area contributed by atoms with Gasteiger partial charge in [-0.3, -0.25) is 9.80 Å². The van der Waals surface area contributed by atoms with Gasteiger partial charge < -0.3 is 0 Å². The SMILES string of the molecule is C=CC(=O)N(C)N(CCCCC)CCCCC. The lowest BCUT2D eigenvalue weighted by Gasteiger charge is -2.31. The fourth-order valence-electron chi connectivity index (χ4n) is 1.77. The molecular weight excluding hydrogens is 212 g/mol. The zero-order chi connectivity index (χ0) is 13.1. The topological polar surface area (TPSA) is 23.6 Å². The van der Waals surface area contributed by atoms with Crippen LogP contribution in [0.5, 0.6) is 0 Å². The molecule has 0 N–H and O–H groups in total. The number of amides is 1. The van der Waals surface area contributed by atoms with Crippen LogP contribution < -0.4 is 0 Å². The number of unbranched alkanes of at least 4 members (excludes halogenated alkanes) is 4. The highest BCUT2D eigenvalue weighted by molar-refractivity contribution is 5.86. The molecule has 3 heteroatoms. The molecule has 0 bridgehead atoms. The van der Waals surface area contributed by atoms with Crippen LogP contribution in [0.1, 0.15) is 52.4 Å². The van der Waals surface area contributed by atoms with Crippen molar-refractivity contribution in [2.45, 2.75) is 52.4 Å². The maximum atomic E-state index is 11.6. The molecule has 0 spiro atoms. The van der Waals surface area contributed by atoms with E-state index in [1.54, 1.807) is 5.01 Å². The van der Waals surface area contributed by atoms with Gasteiger partial charge in [0.2, 0.25) is 0 Å². The lowest BCUT2D eigenvalue weighted by atomic mass is 10.2. The first-order chi connectivity index (χ1) is 8.17. The van der Waals surface area contributed by atoms with Gasteiger partial charge in [0.15, 0.2) is 0 Å². The Morgan fingerprint density at radius 2 is 1.53 bits per heavy atom. The molecule has 0 fully saturated rings. The Kier molecular flexibility index (Phi) is 9.83. The molecule has 0 saturated carbocycles. The normalized spacial score (nSPS) is 10.6. The van der Waals surface area contributed by atoms with Gasteiger partial charge in [-0.05, 0) is 18.9 Å². The Balaban J connectivity index is 4.16. The Bertz CT molecular complexity index is 206. The second-order valence-corrected chi connectivity index (χ2v) is 4.43. The summed E-state index contributed by atoms with van der Waals surface area (Å²) in [7, 11) is 1.84. The van der Waals surface area contributed by atoms with Crippen LogP contribution in [-0.2, 0) is 4.79 Å². The number of nitrogens with zero attached hydrogens (tertiary/aromatic N) is 2. The van der Waals surface area contributed by atoms with Gasteiger partial charge in [-0.2, -0.15) is 0 Å². The van der Waals surface area contributed by atoms with Gasteiger partial charge in [0.1, 0.15) is 0 Å². The van der Waals surface area contributed by atoms with E-state index >= 15 is 0 Å². The molecule has 3 nitrogen and oxygen atoms in total. The van der Waals surface area contributed by atoms with Crippen molar-refractivity contribution in [3.05, 3.63) is 12.7 Å². The Labute approximate surface area is 106 Å². The lowest BCUT2D eigenvalue weighted by Crippen LogP contribution is -2.44. The van der Waals surface area contributed by atoms with Gasteiger partial charge in [-0.25, -0.2) is 5.01 Å². The van der Waals surface area contributed by atoms with E-state index in [4.69, 9.17) is 0 Å². The molecule has 0 atom stereocenters. The van der Waals surface area contributed by atoms with Gasteiger partial charge in [0, 0.05) is 20.1 Å². The largest absolute Gasteiger partial charge is 0.275 e. The second kappa shape index (κ2) is 10.3. The van der Waals surface area contributed by atoms with E-state index in [-0.39, 0.29) is 5.91 Å². The number of carbonyl (C=O) groups is 1. The number of hydrogen-bond acceptors (Lipinski definition) is 2. The zero-order valence-electron chi connectivity index (χ0n) is 11.7. The summed E-state index contributed by atoms with van der Waals surface area (Å²) in [6, 6.07) is 0. The zero-order valence-corrected chi connectivity index (χ0v) is 11.7. The van der Waals surface area contributed by atoms with Crippen LogP contribution in [0.4, 0.5) is 0 Å². The molecule has 0 heterocycles. The summed E-state index contributed by atoms with van der Waals surface area (Å²) >= 11 is 0. The van der Waals surface area contributed by atoms with E-state index in [0.717, 1.165) is 25.9 Å². The van der Waals surface area contributed by atoms with Crippen LogP contribution in [0.2, 0.25) is 0 Å². The maximum Gasteiger partial charge on any atom is 0.260 e. The summed E-state index contributed by atoms with van der Waals surface area (Å²) in [6.45, 7) is 9.86. The van der Waals surface area contributed by atoms with Crippen molar-refractivity contribution in [1.82, 2.24) is 10.0 Å². The molecule has 0 saturated heterocycles. The third-order valence-corrected chi connectivity index (χ3v) is 2.96. The van der Waals surface area contributed by atoms with Crippen molar-refractivity contribution in [1.29, 1.82) is 0 Å². The molecule has 0 aliphatic carbocycles. The first kappa shape index (κ1) is 16.2. The van der Waals surface area contributed by atoms with Gasteiger partial charge in [0.05, 0.1) is 0 Å². The summed E-state index contributed by atoms with van der Waals surface area (Å²) in [6.07, 6.45) is 8.55. The van der Waals surface area contributed by atoms with E-state index in [1.807, 2.05) is 7.05 Å². The minimum atomic E-state index is -0.0157. The summed E-state index contributed by atoms with van der Waals surface area (Å²) in [5.41, 5.74) is 0. The number of rotatable bonds is 10. The standard InChI is InChI=1S/C14H28N2O/c1-5-8-10-12-16(13-11-9-6-2)15(4)14(17)7-3/h7H,3,5-6,8-13H2,1-2,4H3. The Morgan fingerprint density at radius 1 is 1.06 bits per heavy atom.